The zero-order valence-electron chi connectivity index (χ0n) is 22.8. The topological polar surface area (TPSA) is 128 Å². The third-order valence-electron chi connectivity index (χ3n) is 7.79. The molecule has 0 radical (unpaired) electrons. The van der Waals surface area contributed by atoms with Crippen LogP contribution in [0.5, 0.6) is 0 Å². The summed E-state index contributed by atoms with van der Waals surface area (Å²) in [5, 5.41) is 14.4. The van der Waals surface area contributed by atoms with Crippen molar-refractivity contribution in [3.05, 3.63) is 57.9 Å². The maximum absolute atomic E-state index is 13.5. The quantitative estimate of drug-likeness (QED) is 0.321. The van der Waals surface area contributed by atoms with Crippen molar-refractivity contribution < 1.29 is 9.00 Å². The van der Waals surface area contributed by atoms with E-state index < -0.39 is 10.8 Å². The molecular weight excluding hydrogens is 528 g/mol. The molecule has 4 aromatic rings. The number of nitrogens with zero attached hydrogens (tertiary/aromatic N) is 5. The summed E-state index contributed by atoms with van der Waals surface area (Å²) in [5.74, 6) is 0.0791. The molecule has 40 heavy (non-hydrogen) atoms. The maximum atomic E-state index is 13.5. The second-order valence-corrected chi connectivity index (χ2v) is 12.1. The molecular formula is C28H34N8O3S. The fraction of sp³-hybridized carbons (Fsp3) is 0.429. The van der Waals surface area contributed by atoms with Crippen LogP contribution in [0.25, 0.3) is 16.6 Å². The van der Waals surface area contributed by atoms with Crippen molar-refractivity contribution >= 4 is 38.9 Å². The largest absolute Gasteiger partial charge is 0.369 e. The number of fused-ring (bicyclic) bond motifs is 3. The smallest absolute Gasteiger partial charge is 0.281 e. The van der Waals surface area contributed by atoms with Crippen LogP contribution in [0.4, 0.5) is 5.69 Å². The molecule has 11 nitrogen and oxygen atoms in total. The van der Waals surface area contributed by atoms with Gasteiger partial charge in [0.15, 0.2) is 10.7 Å². The molecule has 1 amide bonds. The number of anilines is 1. The predicted molar refractivity (Wildman–Crippen MR) is 154 cm³/mol. The first-order valence-electron chi connectivity index (χ1n) is 13.7. The Morgan fingerprint density at radius 3 is 2.70 bits per heavy atom. The summed E-state index contributed by atoms with van der Waals surface area (Å²) in [5.41, 5.74) is 3.46. The van der Waals surface area contributed by atoms with Gasteiger partial charge in [-0.3, -0.25) is 14.5 Å². The lowest BCUT2D eigenvalue weighted by Crippen LogP contribution is -2.52. The number of aromatic amines is 1. The number of rotatable bonds is 6. The number of piperidine rings is 1. The Morgan fingerprint density at radius 1 is 1.12 bits per heavy atom. The summed E-state index contributed by atoms with van der Waals surface area (Å²) in [6.07, 6.45) is 2.12. The summed E-state index contributed by atoms with van der Waals surface area (Å²) in [7, 11) is -1.60. The molecule has 2 aliphatic heterocycles. The Hall–Kier alpha value is -3.61. The van der Waals surface area contributed by atoms with Gasteiger partial charge in [-0.25, -0.2) is 13.9 Å². The molecule has 3 N–H and O–H groups in total. The van der Waals surface area contributed by atoms with Crippen LogP contribution in [0.1, 0.15) is 24.0 Å². The molecule has 2 unspecified atom stereocenters. The van der Waals surface area contributed by atoms with Gasteiger partial charge in [-0.05, 0) is 63.1 Å². The van der Waals surface area contributed by atoms with E-state index in [2.05, 4.69) is 35.7 Å². The summed E-state index contributed by atoms with van der Waals surface area (Å²) in [6.45, 7) is 9.22. The van der Waals surface area contributed by atoms with Crippen LogP contribution >= 0.6 is 0 Å². The number of benzene rings is 2. The van der Waals surface area contributed by atoms with Crippen LogP contribution < -0.4 is 21.1 Å². The average Bonchev–Trinajstić information content (AvgIpc) is 3.37. The lowest BCUT2D eigenvalue weighted by Gasteiger charge is -2.36. The lowest BCUT2D eigenvalue weighted by atomic mass is 10.1. The van der Waals surface area contributed by atoms with E-state index in [1.54, 1.807) is 10.6 Å². The highest BCUT2D eigenvalue weighted by atomic mass is 32.2. The number of nitrogens with one attached hydrogen (secondary N) is 3. The van der Waals surface area contributed by atoms with Gasteiger partial charge in [0.05, 0.1) is 17.4 Å². The summed E-state index contributed by atoms with van der Waals surface area (Å²) in [4.78, 5) is 34.8. The molecule has 0 bridgehead atoms. The molecule has 6 rings (SSSR count). The molecule has 0 aliphatic carbocycles. The highest BCUT2D eigenvalue weighted by Gasteiger charge is 2.23. The molecule has 2 aliphatic rings. The van der Waals surface area contributed by atoms with Crippen LogP contribution in [0, 0.1) is 13.8 Å². The molecule has 4 heterocycles. The first-order chi connectivity index (χ1) is 19.4. The predicted octanol–water partition coefficient (Wildman–Crippen LogP) is 1.34. The zero-order chi connectivity index (χ0) is 27.8. The van der Waals surface area contributed by atoms with Crippen LogP contribution in [0.15, 0.2) is 51.1 Å². The van der Waals surface area contributed by atoms with E-state index in [1.807, 2.05) is 44.2 Å². The molecule has 12 heteroatoms. The SMILES string of the molecule is Cc1ccc(S(=O)c2n[nH]n3c2nc(=O)c2ccc(N4CCN(CC(=O)NC5CCCNC5)CC4)cc23)c(C)c1. The van der Waals surface area contributed by atoms with Gasteiger partial charge >= 0.3 is 0 Å². The monoisotopic (exact) mass is 562 g/mol. The first-order valence-corrected chi connectivity index (χ1v) is 14.9. The van der Waals surface area contributed by atoms with Crippen LogP contribution in [0.2, 0.25) is 0 Å². The van der Waals surface area contributed by atoms with E-state index in [0.717, 1.165) is 68.9 Å². The maximum Gasteiger partial charge on any atom is 0.281 e. The molecule has 2 atom stereocenters. The van der Waals surface area contributed by atoms with Crippen molar-refractivity contribution in [3.63, 3.8) is 0 Å². The van der Waals surface area contributed by atoms with Gasteiger partial charge in [0.2, 0.25) is 5.91 Å². The fourth-order valence-electron chi connectivity index (χ4n) is 5.64. The van der Waals surface area contributed by atoms with Crippen molar-refractivity contribution in [2.75, 3.05) is 50.7 Å². The van der Waals surface area contributed by atoms with Crippen molar-refractivity contribution in [2.24, 2.45) is 0 Å². The number of aromatic nitrogens is 4. The van der Waals surface area contributed by atoms with Crippen LogP contribution in [-0.2, 0) is 15.6 Å². The Balaban J connectivity index is 1.20. The minimum absolute atomic E-state index is 0.0791. The second kappa shape index (κ2) is 11.1. The minimum Gasteiger partial charge on any atom is -0.369 e. The Kier molecular flexibility index (Phi) is 7.39. The number of amides is 1. The van der Waals surface area contributed by atoms with Gasteiger partial charge in [-0.2, -0.15) is 4.98 Å². The number of hydrogen-bond donors (Lipinski definition) is 3. The number of H-pyrrole nitrogens is 1. The van der Waals surface area contributed by atoms with Gasteiger partial charge < -0.3 is 15.5 Å². The van der Waals surface area contributed by atoms with E-state index in [1.165, 1.54) is 0 Å². The number of carbonyl (C=O) groups excluding carboxylic acids is 1. The third-order valence-corrected chi connectivity index (χ3v) is 9.27. The van der Waals surface area contributed by atoms with Gasteiger partial charge in [-0.1, -0.05) is 17.7 Å². The summed E-state index contributed by atoms with van der Waals surface area (Å²) >= 11 is 0. The zero-order valence-corrected chi connectivity index (χ0v) is 23.6. The van der Waals surface area contributed by atoms with Crippen molar-refractivity contribution in [2.45, 2.75) is 42.7 Å². The van der Waals surface area contributed by atoms with Crippen molar-refractivity contribution in [1.29, 1.82) is 0 Å². The second-order valence-electron chi connectivity index (χ2n) is 10.7. The van der Waals surface area contributed by atoms with E-state index >= 15 is 0 Å². The number of piperazine rings is 1. The fourth-order valence-corrected chi connectivity index (χ4v) is 6.82. The van der Waals surface area contributed by atoms with E-state index in [4.69, 9.17) is 0 Å². The van der Waals surface area contributed by atoms with Gasteiger partial charge in [0.25, 0.3) is 5.56 Å². The van der Waals surface area contributed by atoms with Gasteiger partial charge in [0, 0.05) is 49.3 Å². The number of aryl methyl sites for hydroxylation is 2. The molecule has 2 aromatic carbocycles. The van der Waals surface area contributed by atoms with Gasteiger partial charge in [0.1, 0.15) is 10.8 Å². The van der Waals surface area contributed by atoms with Crippen LogP contribution in [-0.4, -0.2) is 86.7 Å². The lowest BCUT2D eigenvalue weighted by molar-refractivity contribution is -0.123. The standard InChI is InChI=1S/C28H34N8O3S/c1-18-5-8-24(19(2)14-18)40(39)28-26-31-27(38)22-7-6-21(15-23(22)36(26)33-32-28)35-12-10-34(11-13-35)17-25(37)30-20-4-3-9-29-16-20/h5-8,14-15,20,29,33H,3-4,9-13,16-17H2,1-2H3,(H,30,37). The van der Waals surface area contributed by atoms with Gasteiger partial charge in [-0.15, -0.1) is 5.10 Å². The first kappa shape index (κ1) is 26.6. The van der Waals surface area contributed by atoms with Crippen LogP contribution in [0.3, 0.4) is 0 Å². The summed E-state index contributed by atoms with van der Waals surface area (Å²) < 4.78 is 15.1. The molecule has 0 saturated carbocycles. The minimum atomic E-state index is -1.60. The third kappa shape index (κ3) is 5.26. The molecule has 2 aromatic heterocycles. The Morgan fingerprint density at radius 2 is 1.95 bits per heavy atom. The molecule has 0 spiro atoms. The van der Waals surface area contributed by atoms with Crippen molar-refractivity contribution in [3.8, 4) is 0 Å². The average molecular weight is 563 g/mol. The Labute approximate surface area is 234 Å². The normalized spacial score (nSPS) is 19.2. The van der Waals surface area contributed by atoms with E-state index in [9.17, 15) is 13.8 Å². The van der Waals surface area contributed by atoms with Crippen molar-refractivity contribution in [1.82, 2.24) is 35.3 Å². The highest BCUT2D eigenvalue weighted by Crippen LogP contribution is 2.25. The van der Waals surface area contributed by atoms with E-state index in [0.29, 0.717) is 22.3 Å². The highest BCUT2D eigenvalue weighted by molar-refractivity contribution is 7.85. The summed E-state index contributed by atoms with van der Waals surface area (Å²) in [6, 6.07) is 11.6. The van der Waals surface area contributed by atoms with E-state index in [-0.39, 0.29) is 28.2 Å². The number of carbonyl (C=O) groups is 1. The Bertz CT molecular complexity index is 1650. The molecule has 2 saturated heterocycles. The molecule has 2 fully saturated rings. The molecule has 210 valence electrons. The number of hydrogen-bond acceptors (Lipinski definition) is 8.